The van der Waals surface area contributed by atoms with Gasteiger partial charge in [0.1, 0.15) is 11.6 Å². The standard InChI is InChI=1S/C28H34FN5O2/c1-19-9-10-26-20(14-19)15-21(27(31-26)33(2)17-22-11-12-30-32-22)16-34(18-23-6-5-13-36-23)28(35)24-7-3-4-8-25(24)29/h3-4,7-10,14-15,22-23,30,32H,5-6,11-13,16-18H2,1-2H3. The molecular weight excluding hydrogens is 457 g/mol. The number of likely N-dealkylation sites (N-methyl/N-ethyl adjacent to an activating group) is 1. The molecule has 36 heavy (non-hydrogen) atoms. The van der Waals surface area contributed by atoms with Crippen molar-refractivity contribution in [2.45, 2.75) is 44.9 Å². The van der Waals surface area contributed by atoms with Crippen molar-refractivity contribution in [3.63, 3.8) is 0 Å². The van der Waals surface area contributed by atoms with Crippen molar-refractivity contribution in [2.24, 2.45) is 0 Å². The molecule has 3 aromatic rings. The van der Waals surface area contributed by atoms with Gasteiger partial charge in [0, 0.05) is 56.8 Å². The quantitative estimate of drug-likeness (QED) is 0.500. The number of aryl methyl sites for hydroxylation is 1. The molecule has 2 aromatic carbocycles. The number of aromatic nitrogens is 1. The van der Waals surface area contributed by atoms with E-state index in [9.17, 15) is 9.18 Å². The number of carbonyl (C=O) groups is 1. The zero-order valence-electron chi connectivity index (χ0n) is 21.0. The molecule has 0 bridgehead atoms. The van der Waals surface area contributed by atoms with Gasteiger partial charge in [-0.2, -0.15) is 0 Å². The van der Waals surface area contributed by atoms with Gasteiger partial charge >= 0.3 is 0 Å². The summed E-state index contributed by atoms with van der Waals surface area (Å²) in [6.07, 6.45) is 2.85. The lowest BCUT2D eigenvalue weighted by atomic mass is 10.1. The Morgan fingerprint density at radius 1 is 1.17 bits per heavy atom. The van der Waals surface area contributed by atoms with E-state index >= 15 is 0 Å². The molecule has 2 fully saturated rings. The van der Waals surface area contributed by atoms with E-state index in [0.29, 0.717) is 25.7 Å². The minimum atomic E-state index is -0.510. The third kappa shape index (κ3) is 5.51. The molecule has 190 valence electrons. The molecule has 0 aliphatic carbocycles. The fraction of sp³-hybridized carbons (Fsp3) is 0.429. The van der Waals surface area contributed by atoms with E-state index in [4.69, 9.17) is 9.72 Å². The summed E-state index contributed by atoms with van der Waals surface area (Å²) in [5, 5.41) is 1.03. The Hall–Kier alpha value is -3.07. The number of fused-ring (bicyclic) bond motifs is 1. The average molecular weight is 492 g/mol. The molecule has 5 rings (SSSR count). The summed E-state index contributed by atoms with van der Waals surface area (Å²) in [6, 6.07) is 14.8. The number of hydrogen-bond acceptors (Lipinski definition) is 6. The van der Waals surface area contributed by atoms with Crippen LogP contribution in [0.15, 0.2) is 48.5 Å². The minimum absolute atomic E-state index is 0.0497. The fourth-order valence-corrected chi connectivity index (χ4v) is 5.13. The van der Waals surface area contributed by atoms with Crippen molar-refractivity contribution in [2.75, 3.05) is 38.2 Å². The molecular formula is C28H34FN5O2. The maximum atomic E-state index is 14.6. The van der Waals surface area contributed by atoms with Crippen molar-refractivity contribution < 1.29 is 13.9 Å². The van der Waals surface area contributed by atoms with Gasteiger partial charge in [-0.3, -0.25) is 15.6 Å². The van der Waals surface area contributed by atoms with Crippen LogP contribution in [0.4, 0.5) is 10.2 Å². The monoisotopic (exact) mass is 491 g/mol. The zero-order valence-corrected chi connectivity index (χ0v) is 21.0. The van der Waals surface area contributed by atoms with E-state index in [0.717, 1.165) is 60.2 Å². The summed E-state index contributed by atoms with van der Waals surface area (Å²) in [6.45, 7) is 5.19. The summed E-state index contributed by atoms with van der Waals surface area (Å²) >= 11 is 0. The highest BCUT2D eigenvalue weighted by Crippen LogP contribution is 2.27. The van der Waals surface area contributed by atoms with Crippen LogP contribution in [-0.2, 0) is 11.3 Å². The third-order valence-corrected chi connectivity index (χ3v) is 7.01. The number of nitrogens with one attached hydrogen (secondary N) is 2. The highest BCUT2D eigenvalue weighted by Gasteiger charge is 2.27. The van der Waals surface area contributed by atoms with Crippen LogP contribution in [0.1, 0.15) is 40.7 Å². The van der Waals surface area contributed by atoms with Crippen molar-refractivity contribution >= 4 is 22.6 Å². The zero-order chi connectivity index (χ0) is 25.1. The Bertz CT molecular complexity index is 1220. The first-order valence-electron chi connectivity index (χ1n) is 12.7. The molecule has 3 heterocycles. The number of halogens is 1. The molecule has 2 unspecified atom stereocenters. The summed E-state index contributed by atoms with van der Waals surface area (Å²) in [5.74, 6) is -0.00817. The number of ether oxygens (including phenoxy) is 1. The molecule has 0 radical (unpaired) electrons. The van der Waals surface area contributed by atoms with Crippen LogP contribution in [0.2, 0.25) is 0 Å². The van der Waals surface area contributed by atoms with Crippen LogP contribution >= 0.6 is 0 Å². The number of pyridine rings is 1. The molecule has 2 atom stereocenters. The number of hydrazine groups is 1. The van der Waals surface area contributed by atoms with Crippen molar-refractivity contribution in [1.29, 1.82) is 0 Å². The van der Waals surface area contributed by atoms with Gasteiger partial charge in [-0.25, -0.2) is 9.37 Å². The molecule has 2 aliphatic rings. The van der Waals surface area contributed by atoms with E-state index in [1.165, 1.54) is 6.07 Å². The predicted molar refractivity (Wildman–Crippen MR) is 139 cm³/mol. The van der Waals surface area contributed by atoms with Crippen LogP contribution in [0.25, 0.3) is 10.9 Å². The van der Waals surface area contributed by atoms with Gasteiger partial charge in [-0.05, 0) is 56.5 Å². The lowest BCUT2D eigenvalue weighted by Crippen LogP contribution is -2.40. The predicted octanol–water partition coefficient (Wildman–Crippen LogP) is 3.81. The highest BCUT2D eigenvalue weighted by atomic mass is 19.1. The number of benzene rings is 2. The topological polar surface area (TPSA) is 69.7 Å². The number of carbonyl (C=O) groups excluding carboxylic acids is 1. The van der Waals surface area contributed by atoms with Gasteiger partial charge in [-0.1, -0.05) is 23.8 Å². The molecule has 8 heteroatoms. The summed E-state index contributed by atoms with van der Waals surface area (Å²) < 4.78 is 20.5. The van der Waals surface area contributed by atoms with E-state index in [1.54, 1.807) is 23.1 Å². The van der Waals surface area contributed by atoms with Crippen LogP contribution in [0.3, 0.4) is 0 Å². The van der Waals surface area contributed by atoms with E-state index < -0.39 is 5.82 Å². The van der Waals surface area contributed by atoms with Crippen LogP contribution in [0.5, 0.6) is 0 Å². The van der Waals surface area contributed by atoms with Gasteiger partial charge in [0.15, 0.2) is 0 Å². The molecule has 2 N–H and O–H groups in total. The van der Waals surface area contributed by atoms with Gasteiger partial charge in [0.25, 0.3) is 5.91 Å². The fourth-order valence-electron chi connectivity index (χ4n) is 5.13. The van der Waals surface area contributed by atoms with Gasteiger partial charge in [0.2, 0.25) is 0 Å². The largest absolute Gasteiger partial charge is 0.376 e. The Kier molecular flexibility index (Phi) is 7.46. The van der Waals surface area contributed by atoms with Gasteiger partial charge in [0.05, 0.1) is 17.2 Å². The van der Waals surface area contributed by atoms with Crippen molar-refractivity contribution in [3.05, 3.63) is 71.0 Å². The first kappa shape index (κ1) is 24.6. The number of amides is 1. The minimum Gasteiger partial charge on any atom is -0.376 e. The molecule has 0 spiro atoms. The second kappa shape index (κ2) is 10.9. The SMILES string of the molecule is Cc1ccc2nc(N(C)CC3CCNN3)c(CN(CC3CCCO3)C(=O)c3ccccc3F)cc2c1. The van der Waals surface area contributed by atoms with Crippen molar-refractivity contribution in [3.8, 4) is 0 Å². The lowest BCUT2D eigenvalue weighted by Gasteiger charge is -2.29. The second-order valence-electron chi connectivity index (χ2n) is 9.91. The lowest BCUT2D eigenvalue weighted by molar-refractivity contribution is 0.0504. The Balaban J connectivity index is 1.51. The third-order valence-electron chi connectivity index (χ3n) is 7.01. The molecule has 7 nitrogen and oxygen atoms in total. The van der Waals surface area contributed by atoms with Crippen LogP contribution in [-0.4, -0.2) is 61.2 Å². The van der Waals surface area contributed by atoms with Crippen molar-refractivity contribution in [1.82, 2.24) is 20.7 Å². The Morgan fingerprint density at radius 2 is 2.03 bits per heavy atom. The number of nitrogens with zero attached hydrogens (tertiary/aromatic N) is 3. The van der Waals surface area contributed by atoms with E-state index in [2.05, 4.69) is 40.9 Å². The number of hydrogen-bond donors (Lipinski definition) is 2. The Morgan fingerprint density at radius 3 is 2.78 bits per heavy atom. The smallest absolute Gasteiger partial charge is 0.257 e. The van der Waals surface area contributed by atoms with E-state index in [1.807, 2.05) is 13.1 Å². The maximum absolute atomic E-state index is 14.6. The number of rotatable bonds is 8. The first-order chi connectivity index (χ1) is 17.5. The summed E-state index contributed by atoms with van der Waals surface area (Å²) in [7, 11) is 2.04. The average Bonchev–Trinajstić information content (AvgIpc) is 3.57. The molecule has 1 aromatic heterocycles. The highest BCUT2D eigenvalue weighted by molar-refractivity contribution is 5.94. The summed E-state index contributed by atoms with van der Waals surface area (Å²) in [5.41, 5.74) is 9.58. The second-order valence-corrected chi connectivity index (χ2v) is 9.91. The normalized spacial score (nSPS) is 19.6. The maximum Gasteiger partial charge on any atom is 0.257 e. The van der Waals surface area contributed by atoms with Crippen LogP contribution in [0, 0.1) is 12.7 Å². The first-order valence-corrected chi connectivity index (χ1v) is 12.7. The Labute approximate surface area is 211 Å². The molecule has 1 amide bonds. The van der Waals surface area contributed by atoms with Gasteiger partial charge in [-0.15, -0.1) is 0 Å². The van der Waals surface area contributed by atoms with Gasteiger partial charge < -0.3 is 14.5 Å². The molecule has 2 saturated heterocycles. The van der Waals surface area contributed by atoms with E-state index in [-0.39, 0.29) is 17.6 Å². The summed E-state index contributed by atoms with van der Waals surface area (Å²) in [4.78, 5) is 22.5. The number of anilines is 1. The molecule has 2 aliphatic heterocycles. The van der Waals surface area contributed by atoms with Crippen LogP contribution < -0.4 is 15.8 Å². The molecule has 0 saturated carbocycles.